The normalized spacial score (nSPS) is 14.9. The monoisotopic (exact) mass is 539 g/mol. The third-order valence-corrected chi connectivity index (χ3v) is 7.49. The number of para-hydroxylation sites is 1. The summed E-state index contributed by atoms with van der Waals surface area (Å²) in [6.45, 7) is 4.82. The molecule has 1 saturated heterocycles. The molecule has 10 heteroatoms. The van der Waals surface area contributed by atoms with Gasteiger partial charge in [-0.15, -0.1) is 5.10 Å². The van der Waals surface area contributed by atoms with E-state index in [-0.39, 0.29) is 11.4 Å². The van der Waals surface area contributed by atoms with Crippen molar-refractivity contribution in [2.75, 3.05) is 38.2 Å². The van der Waals surface area contributed by atoms with Gasteiger partial charge in [-0.2, -0.15) is 0 Å². The van der Waals surface area contributed by atoms with E-state index in [0.717, 1.165) is 27.8 Å². The van der Waals surface area contributed by atoms with E-state index in [0.29, 0.717) is 49.8 Å². The van der Waals surface area contributed by atoms with E-state index in [2.05, 4.69) is 25.4 Å². The number of aromatic amines is 1. The van der Waals surface area contributed by atoms with E-state index in [1.807, 2.05) is 66.4 Å². The van der Waals surface area contributed by atoms with Crippen LogP contribution in [0.25, 0.3) is 10.9 Å². The van der Waals surface area contributed by atoms with Gasteiger partial charge in [0.15, 0.2) is 5.82 Å². The van der Waals surface area contributed by atoms with Gasteiger partial charge < -0.3 is 14.6 Å². The van der Waals surface area contributed by atoms with Crippen molar-refractivity contribution in [1.29, 1.82) is 0 Å². The second kappa shape index (κ2) is 10.9. The summed E-state index contributed by atoms with van der Waals surface area (Å²) in [7, 11) is 1.63. The van der Waals surface area contributed by atoms with Crippen molar-refractivity contribution in [3.05, 3.63) is 111 Å². The summed E-state index contributed by atoms with van der Waals surface area (Å²) in [4.78, 5) is 20.9. The lowest BCUT2D eigenvalue weighted by Crippen LogP contribution is -2.49. The second-order valence-electron chi connectivity index (χ2n) is 10.1. The standard InChI is InChI=1S/C30H30FN7O2/c1-20-7-10-22-18-24(30(39)32-26(22)17-20)28(37-15-13-36(14-16-37)27-6-4-3-5-25(27)31)29-33-34-35-38(29)19-21-8-11-23(40-2)12-9-21/h3-12,17-18,28H,13-16,19H2,1-2H3,(H,32,39)/t28-/m0/s1. The summed E-state index contributed by atoms with van der Waals surface area (Å²) in [5.41, 5.74) is 3.83. The zero-order valence-electron chi connectivity index (χ0n) is 22.4. The van der Waals surface area contributed by atoms with Crippen LogP contribution in [-0.2, 0) is 6.54 Å². The van der Waals surface area contributed by atoms with Crippen molar-refractivity contribution in [2.45, 2.75) is 19.5 Å². The van der Waals surface area contributed by atoms with Gasteiger partial charge in [0.2, 0.25) is 0 Å². The fraction of sp³-hybridized carbons (Fsp3) is 0.267. The number of aryl methyl sites for hydroxylation is 1. The van der Waals surface area contributed by atoms with E-state index in [9.17, 15) is 9.18 Å². The quantitative estimate of drug-likeness (QED) is 0.335. The molecule has 204 valence electrons. The molecule has 1 atom stereocenters. The first-order valence-corrected chi connectivity index (χ1v) is 13.3. The number of H-pyrrole nitrogens is 1. The minimum Gasteiger partial charge on any atom is -0.497 e. The molecule has 0 spiro atoms. The summed E-state index contributed by atoms with van der Waals surface area (Å²) in [6.07, 6.45) is 0. The smallest absolute Gasteiger partial charge is 0.253 e. The SMILES string of the molecule is COc1ccc(Cn2nnnc2[C@H](c2cc3ccc(C)cc3[nH]c2=O)N2CCN(c3ccccc3F)CC2)cc1. The minimum absolute atomic E-state index is 0.182. The van der Waals surface area contributed by atoms with Crippen LogP contribution in [0.15, 0.2) is 77.6 Å². The number of aromatic nitrogens is 5. The van der Waals surface area contributed by atoms with Crippen molar-refractivity contribution in [3.63, 3.8) is 0 Å². The molecule has 1 N–H and O–H groups in total. The lowest BCUT2D eigenvalue weighted by molar-refractivity contribution is 0.200. The lowest BCUT2D eigenvalue weighted by Gasteiger charge is -2.39. The lowest BCUT2D eigenvalue weighted by atomic mass is 10.0. The summed E-state index contributed by atoms with van der Waals surface area (Å²) in [6, 6.07) is 22.0. The van der Waals surface area contributed by atoms with Crippen LogP contribution < -0.4 is 15.2 Å². The average Bonchev–Trinajstić information content (AvgIpc) is 3.42. The van der Waals surface area contributed by atoms with Gasteiger partial charge in [-0.3, -0.25) is 9.69 Å². The van der Waals surface area contributed by atoms with Crippen LogP contribution in [0.2, 0.25) is 0 Å². The van der Waals surface area contributed by atoms with E-state index in [1.165, 1.54) is 6.07 Å². The van der Waals surface area contributed by atoms with Crippen molar-refractivity contribution in [2.24, 2.45) is 0 Å². The van der Waals surface area contributed by atoms with Crippen LogP contribution in [0.3, 0.4) is 0 Å². The minimum atomic E-state index is -0.495. The third-order valence-electron chi connectivity index (χ3n) is 7.49. The highest BCUT2D eigenvalue weighted by Gasteiger charge is 2.33. The molecule has 0 unspecified atom stereocenters. The van der Waals surface area contributed by atoms with Crippen LogP contribution >= 0.6 is 0 Å². The number of ether oxygens (including phenoxy) is 1. The maximum Gasteiger partial charge on any atom is 0.253 e. The number of pyridine rings is 1. The molecule has 6 rings (SSSR count). The zero-order chi connectivity index (χ0) is 27.6. The molecule has 0 saturated carbocycles. The van der Waals surface area contributed by atoms with Crippen LogP contribution in [0.4, 0.5) is 10.1 Å². The van der Waals surface area contributed by atoms with E-state index >= 15 is 0 Å². The number of piperazine rings is 1. The fourth-order valence-corrected chi connectivity index (χ4v) is 5.39. The molecule has 0 aliphatic carbocycles. The number of methoxy groups -OCH3 is 1. The van der Waals surface area contributed by atoms with Gasteiger partial charge in [0.05, 0.1) is 19.3 Å². The molecule has 1 aliphatic rings. The predicted molar refractivity (Wildman–Crippen MR) is 151 cm³/mol. The van der Waals surface area contributed by atoms with Gasteiger partial charge in [0.25, 0.3) is 5.56 Å². The summed E-state index contributed by atoms with van der Waals surface area (Å²) in [5, 5.41) is 13.7. The molecule has 1 aliphatic heterocycles. The maximum atomic E-state index is 14.5. The van der Waals surface area contributed by atoms with Gasteiger partial charge in [-0.05, 0) is 70.3 Å². The number of tetrazole rings is 1. The molecule has 1 fully saturated rings. The molecule has 3 heterocycles. The van der Waals surface area contributed by atoms with Crippen LogP contribution in [-0.4, -0.2) is 63.4 Å². The summed E-state index contributed by atoms with van der Waals surface area (Å²) >= 11 is 0. The maximum absolute atomic E-state index is 14.5. The molecular formula is C30H30FN7O2. The van der Waals surface area contributed by atoms with Gasteiger partial charge in [0, 0.05) is 37.3 Å². The number of rotatable bonds is 7. The highest BCUT2D eigenvalue weighted by Crippen LogP contribution is 2.30. The Morgan fingerprint density at radius 2 is 1.77 bits per heavy atom. The van der Waals surface area contributed by atoms with Crippen LogP contribution in [0.5, 0.6) is 5.75 Å². The summed E-state index contributed by atoms with van der Waals surface area (Å²) < 4.78 is 21.5. The Hall–Kier alpha value is -4.57. The number of nitrogens with one attached hydrogen (secondary N) is 1. The predicted octanol–water partition coefficient (Wildman–Crippen LogP) is 3.93. The van der Waals surface area contributed by atoms with Gasteiger partial charge in [0.1, 0.15) is 17.6 Å². The van der Waals surface area contributed by atoms with Gasteiger partial charge in [-0.1, -0.05) is 36.4 Å². The van der Waals surface area contributed by atoms with Crippen LogP contribution in [0.1, 0.15) is 28.6 Å². The molecule has 2 aromatic heterocycles. The highest BCUT2D eigenvalue weighted by atomic mass is 19.1. The van der Waals surface area contributed by atoms with Crippen molar-refractivity contribution < 1.29 is 9.13 Å². The molecule has 0 radical (unpaired) electrons. The Morgan fingerprint density at radius 1 is 1.00 bits per heavy atom. The Kier molecular flexibility index (Phi) is 7.00. The Morgan fingerprint density at radius 3 is 2.52 bits per heavy atom. The number of halogens is 1. The van der Waals surface area contributed by atoms with Gasteiger partial charge >= 0.3 is 0 Å². The third kappa shape index (κ3) is 5.05. The van der Waals surface area contributed by atoms with E-state index in [4.69, 9.17) is 4.74 Å². The average molecular weight is 540 g/mol. The molecule has 9 nitrogen and oxygen atoms in total. The first kappa shape index (κ1) is 25.7. The number of anilines is 1. The molecule has 40 heavy (non-hydrogen) atoms. The van der Waals surface area contributed by atoms with E-state index < -0.39 is 6.04 Å². The van der Waals surface area contributed by atoms with Crippen molar-refractivity contribution in [3.8, 4) is 5.75 Å². The second-order valence-corrected chi connectivity index (χ2v) is 10.1. The highest BCUT2D eigenvalue weighted by molar-refractivity contribution is 5.79. The first-order chi connectivity index (χ1) is 19.5. The number of hydrogen-bond acceptors (Lipinski definition) is 7. The Balaban J connectivity index is 1.37. The number of nitrogens with zero attached hydrogens (tertiary/aromatic N) is 6. The number of hydrogen-bond donors (Lipinski definition) is 1. The van der Waals surface area contributed by atoms with E-state index in [1.54, 1.807) is 23.9 Å². The molecular weight excluding hydrogens is 509 g/mol. The number of benzene rings is 3. The van der Waals surface area contributed by atoms with Crippen molar-refractivity contribution >= 4 is 16.6 Å². The first-order valence-electron chi connectivity index (χ1n) is 13.3. The molecule has 5 aromatic rings. The van der Waals surface area contributed by atoms with Gasteiger partial charge in [-0.25, -0.2) is 9.07 Å². The Bertz CT molecular complexity index is 1690. The topological polar surface area (TPSA) is 92.2 Å². The zero-order valence-corrected chi connectivity index (χ0v) is 22.4. The fourth-order valence-electron chi connectivity index (χ4n) is 5.39. The Labute approximate surface area is 230 Å². The molecule has 0 bridgehead atoms. The molecule has 0 amide bonds. The van der Waals surface area contributed by atoms with Crippen molar-refractivity contribution in [1.82, 2.24) is 30.1 Å². The number of fused-ring (bicyclic) bond motifs is 1. The van der Waals surface area contributed by atoms with Crippen LogP contribution in [0, 0.1) is 12.7 Å². The molecule has 3 aromatic carbocycles. The largest absolute Gasteiger partial charge is 0.497 e. The summed E-state index contributed by atoms with van der Waals surface area (Å²) in [5.74, 6) is 1.11.